The number of hydrogen-bond donors (Lipinski definition) is 0. The molecule has 0 fully saturated rings. The first-order valence-electron chi connectivity index (χ1n) is 19.1. The first-order valence-corrected chi connectivity index (χ1v) is 19.1. The summed E-state index contributed by atoms with van der Waals surface area (Å²) in [4.78, 5) is 4.88. The molecule has 0 saturated carbocycles. The number of hydrogen-bond acceptors (Lipinski definition) is 3. The van der Waals surface area contributed by atoms with E-state index in [0.29, 0.717) is 23.7 Å². The van der Waals surface area contributed by atoms with Crippen LogP contribution in [0.1, 0.15) is 122 Å². The van der Waals surface area contributed by atoms with Gasteiger partial charge in [0.1, 0.15) is 17.3 Å². The van der Waals surface area contributed by atoms with Crippen LogP contribution in [0.2, 0.25) is 0 Å². The predicted molar refractivity (Wildman–Crippen MR) is 218 cm³/mol. The number of nitrogens with zero attached hydrogens (tertiary/aromatic N) is 4. The molecule has 0 amide bonds. The van der Waals surface area contributed by atoms with Gasteiger partial charge in [-0.3, -0.25) is 4.57 Å². The van der Waals surface area contributed by atoms with E-state index in [4.69, 9.17) is 14.8 Å². The molecule has 0 unspecified atom stereocenters. The van der Waals surface area contributed by atoms with E-state index < -0.39 is 0 Å². The lowest BCUT2D eigenvalue weighted by atomic mass is 9.71. The molecule has 3 atom stereocenters. The van der Waals surface area contributed by atoms with E-state index in [1.807, 2.05) is 6.20 Å². The van der Waals surface area contributed by atoms with Gasteiger partial charge in [-0.1, -0.05) is 99.1 Å². The van der Waals surface area contributed by atoms with E-state index in [2.05, 4.69) is 171 Å². The minimum atomic E-state index is -0.0927. The number of fused-ring (bicyclic) bond motifs is 3. The summed E-state index contributed by atoms with van der Waals surface area (Å²) < 4.78 is 11.4. The van der Waals surface area contributed by atoms with Crippen LogP contribution in [0.15, 0.2) is 90.6 Å². The quantitative estimate of drug-likeness (QED) is 0.163. The first kappa shape index (κ1) is 35.7. The molecular weight excluding hydrogens is 637 g/mol. The molecule has 3 heterocycles. The zero-order valence-electron chi connectivity index (χ0n) is 33.3. The van der Waals surface area contributed by atoms with Crippen molar-refractivity contribution in [2.45, 2.75) is 112 Å². The van der Waals surface area contributed by atoms with Crippen LogP contribution in [0.3, 0.4) is 0 Å². The van der Waals surface area contributed by atoms with Crippen LogP contribution in [-0.4, -0.2) is 19.3 Å². The summed E-state index contributed by atoms with van der Waals surface area (Å²) in [6.45, 7) is 27.4. The molecule has 270 valence electrons. The van der Waals surface area contributed by atoms with E-state index in [-0.39, 0.29) is 10.8 Å². The molecule has 5 nitrogen and oxygen atoms in total. The topological polar surface area (TPSA) is 44.9 Å². The normalized spacial score (nSPS) is 18.4. The van der Waals surface area contributed by atoms with E-state index in [1.165, 1.54) is 45.2 Å². The molecule has 3 aromatic carbocycles. The number of pyridine rings is 1. The lowest BCUT2D eigenvalue weighted by Crippen LogP contribution is -2.21. The van der Waals surface area contributed by atoms with Gasteiger partial charge in [-0.15, -0.1) is 0 Å². The SMILES string of the molecule is CC1=C[C@H](C)C[C@H](C)[C@H]1c1c(C)nn(-c2cc(Oc3ccc4c5ccccc5n(-c5cc(C(C)(C)C)ccn5)c4c3)cc(C(C)(C)C)c2)c1C(C)C. The van der Waals surface area contributed by atoms with Crippen molar-refractivity contribution in [1.82, 2.24) is 19.3 Å². The molecule has 0 aliphatic heterocycles. The maximum atomic E-state index is 6.86. The predicted octanol–water partition coefficient (Wildman–Crippen LogP) is 12.9. The minimum Gasteiger partial charge on any atom is -0.457 e. The molecule has 0 saturated heterocycles. The molecule has 5 heteroatoms. The molecule has 1 aliphatic rings. The highest BCUT2D eigenvalue weighted by Crippen LogP contribution is 2.45. The second kappa shape index (κ2) is 13.1. The van der Waals surface area contributed by atoms with Crippen molar-refractivity contribution < 1.29 is 4.74 Å². The molecule has 0 radical (unpaired) electrons. The Kier molecular flexibility index (Phi) is 9.00. The van der Waals surface area contributed by atoms with Crippen LogP contribution >= 0.6 is 0 Å². The summed E-state index contributed by atoms with van der Waals surface area (Å²) in [5.74, 6) is 4.34. The average Bonchev–Trinajstić information content (AvgIpc) is 3.58. The zero-order chi connectivity index (χ0) is 37.3. The highest BCUT2D eigenvalue weighted by atomic mass is 16.5. The molecule has 0 spiro atoms. The maximum Gasteiger partial charge on any atom is 0.137 e. The van der Waals surface area contributed by atoms with E-state index in [1.54, 1.807) is 0 Å². The number of aromatic nitrogens is 4. The monoisotopic (exact) mass is 692 g/mol. The van der Waals surface area contributed by atoms with Crippen LogP contribution in [0.4, 0.5) is 0 Å². The van der Waals surface area contributed by atoms with E-state index in [9.17, 15) is 0 Å². The minimum absolute atomic E-state index is 0.00652. The lowest BCUT2D eigenvalue weighted by Gasteiger charge is -2.33. The van der Waals surface area contributed by atoms with Crippen LogP contribution in [0, 0.1) is 18.8 Å². The standard InChI is InChI=1S/C47H56N4O/c1-28(2)45-44(43-30(4)21-29(3)22-31(43)5)32(6)49-51(45)35-23-34(47(10,11)12)24-37(26-35)52-36-17-18-39-38-15-13-14-16-40(38)50(41(39)27-36)42-25-33(19-20-48-42)46(7,8)9/h13-21,23-29,31,43H,22H2,1-12H3/t29-,31-,43-/m0/s1. The molecule has 52 heavy (non-hydrogen) atoms. The second-order valence-corrected chi connectivity index (χ2v) is 17.8. The second-order valence-electron chi connectivity index (χ2n) is 17.8. The summed E-state index contributed by atoms with van der Waals surface area (Å²) in [6.07, 6.45) is 5.60. The molecule has 0 bridgehead atoms. The largest absolute Gasteiger partial charge is 0.457 e. The number of para-hydroxylation sites is 1. The third-order valence-corrected chi connectivity index (χ3v) is 11.1. The first-order chi connectivity index (χ1) is 24.5. The Labute approximate surface area is 310 Å². The Morgan fingerprint density at radius 1 is 0.769 bits per heavy atom. The lowest BCUT2D eigenvalue weighted by molar-refractivity contribution is 0.389. The number of allylic oxidation sites excluding steroid dienone is 2. The molecule has 7 rings (SSSR count). The van der Waals surface area contributed by atoms with Gasteiger partial charge in [-0.2, -0.15) is 5.10 Å². The molecular formula is C47H56N4O. The molecule has 3 aromatic heterocycles. The Balaban J connectivity index is 1.36. The van der Waals surface area contributed by atoms with Crippen molar-refractivity contribution in [2.75, 3.05) is 0 Å². The number of rotatable bonds is 6. The highest BCUT2D eigenvalue weighted by molar-refractivity contribution is 6.09. The fourth-order valence-corrected chi connectivity index (χ4v) is 8.60. The van der Waals surface area contributed by atoms with Crippen molar-refractivity contribution in [3.8, 4) is 23.0 Å². The van der Waals surface area contributed by atoms with Crippen molar-refractivity contribution in [2.24, 2.45) is 11.8 Å². The van der Waals surface area contributed by atoms with Crippen molar-refractivity contribution in [3.63, 3.8) is 0 Å². The van der Waals surface area contributed by atoms with Crippen LogP contribution < -0.4 is 4.74 Å². The van der Waals surface area contributed by atoms with Crippen LogP contribution in [0.25, 0.3) is 33.3 Å². The third kappa shape index (κ3) is 6.48. The highest BCUT2D eigenvalue weighted by Gasteiger charge is 2.33. The van der Waals surface area contributed by atoms with Gasteiger partial charge < -0.3 is 4.74 Å². The van der Waals surface area contributed by atoms with E-state index >= 15 is 0 Å². The van der Waals surface area contributed by atoms with Gasteiger partial charge in [0.15, 0.2) is 0 Å². The number of aryl methyl sites for hydroxylation is 1. The van der Waals surface area contributed by atoms with Gasteiger partial charge in [0.05, 0.1) is 28.1 Å². The Hall–Kier alpha value is -4.64. The Morgan fingerprint density at radius 3 is 2.17 bits per heavy atom. The number of benzene rings is 3. The Bertz CT molecular complexity index is 2320. The summed E-state index contributed by atoms with van der Waals surface area (Å²) in [5, 5.41) is 7.66. The summed E-state index contributed by atoms with van der Waals surface area (Å²) >= 11 is 0. The molecule has 1 aliphatic carbocycles. The van der Waals surface area contributed by atoms with Crippen molar-refractivity contribution >= 4 is 21.8 Å². The molecule has 0 N–H and O–H groups in total. The van der Waals surface area contributed by atoms with Crippen LogP contribution in [-0.2, 0) is 10.8 Å². The summed E-state index contributed by atoms with van der Waals surface area (Å²) in [7, 11) is 0. The summed E-state index contributed by atoms with van der Waals surface area (Å²) in [5.41, 5.74) is 10.9. The van der Waals surface area contributed by atoms with Gasteiger partial charge in [-0.25, -0.2) is 9.67 Å². The fourth-order valence-electron chi connectivity index (χ4n) is 8.60. The Morgan fingerprint density at radius 2 is 1.48 bits per heavy atom. The fraction of sp³-hybridized carbons (Fsp3) is 0.404. The van der Waals surface area contributed by atoms with Gasteiger partial charge in [0.2, 0.25) is 0 Å². The van der Waals surface area contributed by atoms with Crippen LogP contribution in [0.5, 0.6) is 11.5 Å². The average molecular weight is 693 g/mol. The maximum absolute atomic E-state index is 6.86. The van der Waals surface area contributed by atoms with Gasteiger partial charge in [0, 0.05) is 40.6 Å². The van der Waals surface area contributed by atoms with Crippen molar-refractivity contribution in [1.29, 1.82) is 0 Å². The summed E-state index contributed by atoms with van der Waals surface area (Å²) in [6, 6.07) is 26.0. The van der Waals surface area contributed by atoms with Crippen molar-refractivity contribution in [3.05, 3.63) is 119 Å². The number of ether oxygens (including phenoxy) is 1. The zero-order valence-corrected chi connectivity index (χ0v) is 33.3. The third-order valence-electron chi connectivity index (χ3n) is 11.1. The van der Waals surface area contributed by atoms with Gasteiger partial charge in [-0.05, 0) is 102 Å². The smallest absolute Gasteiger partial charge is 0.137 e. The van der Waals surface area contributed by atoms with E-state index in [0.717, 1.165) is 39.7 Å². The van der Waals surface area contributed by atoms with Gasteiger partial charge in [0.25, 0.3) is 0 Å². The van der Waals surface area contributed by atoms with Gasteiger partial charge >= 0.3 is 0 Å². The molecule has 6 aromatic rings.